The van der Waals surface area contributed by atoms with Crippen molar-refractivity contribution in [3.05, 3.63) is 59.4 Å². The molecule has 1 amide bonds. The molecule has 0 spiro atoms. The first-order chi connectivity index (χ1) is 12.1. The number of aromatic amines is 1. The summed E-state index contributed by atoms with van der Waals surface area (Å²) in [5, 5.41) is 3.05. The number of H-pyrrole nitrogens is 1. The Morgan fingerprint density at radius 1 is 1.16 bits per heavy atom. The van der Waals surface area contributed by atoms with Gasteiger partial charge in [-0.3, -0.25) is 4.79 Å². The van der Waals surface area contributed by atoms with Crippen LogP contribution in [-0.4, -0.2) is 33.1 Å². The Labute approximate surface area is 149 Å². The number of aromatic nitrogens is 1. The predicted octanol–water partition coefficient (Wildman–Crippen LogP) is 0.675. The van der Waals surface area contributed by atoms with Gasteiger partial charge in [0.2, 0.25) is 0 Å². The smallest absolute Gasteiger partial charge is 0.316 e. The lowest BCUT2D eigenvalue weighted by molar-refractivity contribution is -0.872. The lowest BCUT2D eigenvalue weighted by Crippen LogP contribution is -3.04. The normalized spacial score (nSPS) is 14.1. The first-order valence-corrected chi connectivity index (χ1v) is 9.04. The number of pyridine rings is 1. The molecule has 0 bridgehead atoms. The van der Waals surface area contributed by atoms with Crippen LogP contribution in [0, 0.1) is 0 Å². The number of nitrogens with zero attached hydrogens (tertiary/aromatic N) is 1. The molecule has 0 aliphatic carbocycles. The quantitative estimate of drug-likeness (QED) is 0.812. The second-order valence-corrected chi connectivity index (χ2v) is 6.99. The van der Waals surface area contributed by atoms with Gasteiger partial charge in [0.1, 0.15) is 6.54 Å². The summed E-state index contributed by atoms with van der Waals surface area (Å²) in [7, 11) is 4.27. The van der Waals surface area contributed by atoms with E-state index in [1.807, 2.05) is 24.4 Å². The van der Waals surface area contributed by atoms with E-state index in [-0.39, 0.29) is 5.91 Å². The SMILES string of the molecule is C[NH+](C)Cc1ccccc1CNC(=O)c1cc(N2CCCC2)cc[nH+]1. The lowest BCUT2D eigenvalue weighted by atomic mass is 10.1. The van der Waals surface area contributed by atoms with E-state index < -0.39 is 0 Å². The molecule has 1 aliphatic rings. The minimum absolute atomic E-state index is 0.0620. The molecule has 25 heavy (non-hydrogen) atoms. The van der Waals surface area contributed by atoms with Crippen LogP contribution in [0.15, 0.2) is 42.6 Å². The second-order valence-electron chi connectivity index (χ2n) is 6.99. The van der Waals surface area contributed by atoms with Crippen LogP contribution in [0.2, 0.25) is 0 Å². The van der Waals surface area contributed by atoms with Gasteiger partial charge in [-0.05, 0) is 18.4 Å². The van der Waals surface area contributed by atoms with E-state index in [9.17, 15) is 4.79 Å². The fourth-order valence-electron chi connectivity index (χ4n) is 3.31. The molecule has 0 saturated carbocycles. The van der Waals surface area contributed by atoms with Gasteiger partial charge in [0, 0.05) is 43.0 Å². The Hall–Kier alpha value is -2.40. The zero-order chi connectivity index (χ0) is 17.6. The molecule has 132 valence electrons. The molecule has 1 fully saturated rings. The van der Waals surface area contributed by atoms with E-state index in [1.165, 1.54) is 28.9 Å². The summed E-state index contributed by atoms with van der Waals surface area (Å²) in [4.78, 5) is 19.3. The Balaban J connectivity index is 1.66. The molecular weight excluding hydrogens is 312 g/mol. The molecule has 5 nitrogen and oxygen atoms in total. The second kappa shape index (κ2) is 8.12. The topological polar surface area (TPSA) is 50.9 Å². The lowest BCUT2D eigenvalue weighted by Gasteiger charge is -2.16. The van der Waals surface area contributed by atoms with Crippen LogP contribution in [0.3, 0.4) is 0 Å². The van der Waals surface area contributed by atoms with Crippen molar-refractivity contribution in [1.29, 1.82) is 0 Å². The molecular formula is C20H28N4O+2. The number of carbonyl (C=O) groups excluding carboxylic acids is 1. The summed E-state index contributed by atoms with van der Waals surface area (Å²) in [6.45, 7) is 3.64. The molecule has 3 N–H and O–H groups in total. The monoisotopic (exact) mass is 340 g/mol. The maximum absolute atomic E-state index is 12.6. The number of carbonyl (C=O) groups is 1. The minimum Gasteiger partial charge on any atom is -0.371 e. The third-order valence-corrected chi connectivity index (χ3v) is 4.60. The highest BCUT2D eigenvalue weighted by Gasteiger charge is 2.18. The number of hydrogen-bond donors (Lipinski definition) is 2. The third kappa shape index (κ3) is 4.57. The van der Waals surface area contributed by atoms with Crippen LogP contribution in [0.5, 0.6) is 0 Å². The standard InChI is InChI=1S/C20H26N4O/c1-23(2)15-17-8-4-3-7-16(17)14-22-20(25)19-13-18(9-10-21-19)24-11-5-6-12-24/h3-4,7-10,13H,5-6,11-12,14-15H2,1-2H3,(H,22,25)/p+2. The van der Waals surface area contributed by atoms with E-state index in [2.05, 4.69) is 47.5 Å². The summed E-state index contributed by atoms with van der Waals surface area (Å²) in [5.74, 6) is -0.0620. The Morgan fingerprint density at radius 3 is 2.60 bits per heavy atom. The van der Waals surface area contributed by atoms with E-state index in [0.717, 1.165) is 25.3 Å². The molecule has 1 aromatic carbocycles. The molecule has 0 radical (unpaired) electrons. The summed E-state index contributed by atoms with van der Waals surface area (Å²) in [5.41, 5.74) is 4.18. The highest BCUT2D eigenvalue weighted by atomic mass is 16.1. The third-order valence-electron chi connectivity index (χ3n) is 4.60. The molecule has 2 heterocycles. The number of hydrogen-bond acceptors (Lipinski definition) is 2. The Kier molecular flexibility index (Phi) is 5.66. The number of rotatable bonds is 6. The van der Waals surface area contributed by atoms with Crippen molar-refractivity contribution in [2.24, 2.45) is 0 Å². The maximum Gasteiger partial charge on any atom is 0.316 e. The summed E-state index contributed by atoms with van der Waals surface area (Å²) in [6.07, 6.45) is 4.31. The summed E-state index contributed by atoms with van der Waals surface area (Å²) >= 11 is 0. The first-order valence-electron chi connectivity index (χ1n) is 9.04. The summed E-state index contributed by atoms with van der Waals surface area (Å²) in [6, 6.07) is 12.3. The van der Waals surface area contributed by atoms with Crippen LogP contribution in [0.4, 0.5) is 5.69 Å². The average Bonchev–Trinajstić information content (AvgIpc) is 3.15. The van der Waals surface area contributed by atoms with Gasteiger partial charge >= 0.3 is 5.91 Å². The number of amides is 1. The molecule has 1 saturated heterocycles. The molecule has 0 atom stereocenters. The van der Waals surface area contributed by atoms with Crippen LogP contribution in [0.1, 0.15) is 34.5 Å². The first kappa shape index (κ1) is 17.4. The number of nitrogens with one attached hydrogen (secondary N) is 3. The van der Waals surface area contributed by atoms with Crippen molar-refractivity contribution < 1.29 is 14.7 Å². The number of anilines is 1. The van der Waals surface area contributed by atoms with Gasteiger partial charge < -0.3 is 15.1 Å². The van der Waals surface area contributed by atoms with Gasteiger partial charge in [0.25, 0.3) is 5.69 Å². The van der Waals surface area contributed by atoms with Gasteiger partial charge in [-0.25, -0.2) is 4.98 Å². The summed E-state index contributed by atoms with van der Waals surface area (Å²) < 4.78 is 0. The van der Waals surface area contributed by atoms with Gasteiger partial charge in [-0.1, -0.05) is 24.3 Å². The van der Waals surface area contributed by atoms with E-state index in [1.54, 1.807) is 0 Å². The van der Waals surface area contributed by atoms with Crippen LogP contribution in [0.25, 0.3) is 0 Å². The fraction of sp³-hybridized carbons (Fsp3) is 0.400. The van der Waals surface area contributed by atoms with Gasteiger partial charge in [-0.15, -0.1) is 0 Å². The zero-order valence-corrected chi connectivity index (χ0v) is 15.1. The minimum atomic E-state index is -0.0620. The highest BCUT2D eigenvalue weighted by molar-refractivity contribution is 5.91. The Bertz CT molecular complexity index is 723. The molecule has 3 rings (SSSR count). The van der Waals surface area contributed by atoms with Crippen LogP contribution in [-0.2, 0) is 13.1 Å². The van der Waals surface area contributed by atoms with Crippen molar-refractivity contribution in [2.75, 3.05) is 32.1 Å². The highest BCUT2D eigenvalue weighted by Crippen LogP contribution is 2.19. The number of quaternary nitrogens is 1. The van der Waals surface area contributed by atoms with Crippen LogP contribution >= 0.6 is 0 Å². The van der Waals surface area contributed by atoms with Gasteiger partial charge in [0.15, 0.2) is 6.20 Å². The van der Waals surface area contributed by atoms with Crippen molar-refractivity contribution >= 4 is 11.6 Å². The molecule has 1 aromatic heterocycles. The Morgan fingerprint density at radius 2 is 1.88 bits per heavy atom. The van der Waals surface area contributed by atoms with Crippen LogP contribution < -0.4 is 20.1 Å². The molecule has 0 unspecified atom stereocenters. The van der Waals surface area contributed by atoms with E-state index in [4.69, 9.17) is 0 Å². The van der Waals surface area contributed by atoms with Gasteiger partial charge in [-0.2, -0.15) is 0 Å². The molecule has 1 aliphatic heterocycles. The van der Waals surface area contributed by atoms with Crippen molar-refractivity contribution in [1.82, 2.24) is 5.32 Å². The van der Waals surface area contributed by atoms with E-state index >= 15 is 0 Å². The van der Waals surface area contributed by atoms with Crippen molar-refractivity contribution in [2.45, 2.75) is 25.9 Å². The van der Waals surface area contributed by atoms with Crippen molar-refractivity contribution in [3.63, 3.8) is 0 Å². The average molecular weight is 340 g/mol. The molecule has 5 heteroatoms. The zero-order valence-electron chi connectivity index (χ0n) is 15.1. The fourth-order valence-corrected chi connectivity index (χ4v) is 3.31. The largest absolute Gasteiger partial charge is 0.371 e. The predicted molar refractivity (Wildman–Crippen MR) is 98.6 cm³/mol. The van der Waals surface area contributed by atoms with E-state index in [0.29, 0.717) is 12.2 Å². The van der Waals surface area contributed by atoms with Gasteiger partial charge in [0.05, 0.1) is 14.1 Å². The maximum atomic E-state index is 12.6. The van der Waals surface area contributed by atoms with Crippen molar-refractivity contribution in [3.8, 4) is 0 Å². The molecule has 2 aromatic rings. The number of benzene rings is 1.